The zero-order valence-electron chi connectivity index (χ0n) is 8.90. The molecule has 0 aliphatic carbocycles. The van der Waals surface area contributed by atoms with Crippen molar-refractivity contribution >= 4 is 17.2 Å². The zero-order valence-corrected chi connectivity index (χ0v) is 9.72. The summed E-state index contributed by atoms with van der Waals surface area (Å²) in [5.74, 6) is -0.377. The third-order valence-corrected chi connectivity index (χ3v) is 2.49. The van der Waals surface area contributed by atoms with Crippen molar-refractivity contribution in [2.24, 2.45) is 0 Å². The number of aryl methyl sites for hydroxylation is 2. The summed E-state index contributed by atoms with van der Waals surface area (Å²) < 4.78 is 0. The minimum absolute atomic E-state index is 0.0634. The molecular formula is C9H14N2O3S. The molecule has 1 heterocycles. The first-order valence-corrected chi connectivity index (χ1v) is 5.36. The molecule has 1 unspecified atom stereocenters. The summed E-state index contributed by atoms with van der Waals surface area (Å²) in [6, 6.07) is 0. The fourth-order valence-corrected chi connectivity index (χ4v) is 1.83. The maximum Gasteiger partial charge on any atom is 0.294 e. The summed E-state index contributed by atoms with van der Waals surface area (Å²) in [7, 11) is 0. The van der Waals surface area contributed by atoms with Gasteiger partial charge in [-0.15, -0.1) is 11.3 Å². The first kappa shape index (κ1) is 12.1. The SMILES string of the molecule is Cc1nc(C(=O)NOCC(C)O)c(C)s1. The lowest BCUT2D eigenvalue weighted by atomic mass is 10.4. The lowest BCUT2D eigenvalue weighted by Gasteiger charge is -2.06. The Morgan fingerprint density at radius 1 is 1.67 bits per heavy atom. The second-order valence-corrected chi connectivity index (χ2v) is 4.64. The number of hydrogen-bond acceptors (Lipinski definition) is 5. The van der Waals surface area contributed by atoms with E-state index in [1.807, 2.05) is 13.8 Å². The normalized spacial score (nSPS) is 12.5. The summed E-state index contributed by atoms with van der Waals surface area (Å²) in [6.07, 6.45) is -0.608. The van der Waals surface area contributed by atoms with E-state index in [0.29, 0.717) is 5.69 Å². The monoisotopic (exact) mass is 230 g/mol. The molecule has 0 spiro atoms. The molecule has 0 saturated carbocycles. The number of carbonyl (C=O) groups excluding carboxylic acids is 1. The van der Waals surface area contributed by atoms with Crippen LogP contribution >= 0.6 is 11.3 Å². The maximum atomic E-state index is 11.5. The summed E-state index contributed by atoms with van der Waals surface area (Å²) in [5, 5.41) is 9.75. The molecule has 6 heteroatoms. The van der Waals surface area contributed by atoms with Crippen LogP contribution in [0.2, 0.25) is 0 Å². The molecule has 0 aromatic carbocycles. The highest BCUT2D eigenvalue weighted by molar-refractivity contribution is 7.11. The molecule has 15 heavy (non-hydrogen) atoms. The fourth-order valence-electron chi connectivity index (χ4n) is 1.02. The van der Waals surface area contributed by atoms with Crippen LogP contribution in [0.1, 0.15) is 27.3 Å². The van der Waals surface area contributed by atoms with Gasteiger partial charge in [0.2, 0.25) is 0 Å². The van der Waals surface area contributed by atoms with E-state index in [2.05, 4.69) is 10.5 Å². The van der Waals surface area contributed by atoms with Crippen molar-refractivity contribution in [3.8, 4) is 0 Å². The lowest BCUT2D eigenvalue weighted by molar-refractivity contribution is -0.00712. The average Bonchev–Trinajstić information content (AvgIpc) is 2.44. The Morgan fingerprint density at radius 3 is 2.80 bits per heavy atom. The van der Waals surface area contributed by atoms with E-state index >= 15 is 0 Å². The van der Waals surface area contributed by atoms with Crippen LogP contribution in [0.25, 0.3) is 0 Å². The largest absolute Gasteiger partial charge is 0.391 e. The van der Waals surface area contributed by atoms with Crippen molar-refractivity contribution in [3.05, 3.63) is 15.6 Å². The molecule has 0 radical (unpaired) electrons. The summed E-state index contributed by atoms with van der Waals surface area (Å²) in [6.45, 7) is 5.30. The van der Waals surface area contributed by atoms with Crippen molar-refractivity contribution in [1.29, 1.82) is 0 Å². The van der Waals surface area contributed by atoms with Gasteiger partial charge in [0.05, 0.1) is 11.1 Å². The first-order chi connectivity index (χ1) is 7.00. The molecule has 0 aliphatic heterocycles. The summed E-state index contributed by atoms with van der Waals surface area (Å²) in [5.41, 5.74) is 2.61. The molecule has 2 N–H and O–H groups in total. The Bertz CT molecular complexity index is 349. The highest BCUT2D eigenvalue weighted by atomic mass is 32.1. The molecule has 0 saturated heterocycles. The molecule has 0 fully saturated rings. The van der Waals surface area contributed by atoms with Gasteiger partial charge >= 0.3 is 0 Å². The standard InChI is InChI=1S/C9H14N2O3S/c1-5(12)4-14-11-9(13)8-6(2)15-7(3)10-8/h5,12H,4H2,1-3H3,(H,11,13). The molecule has 5 nitrogen and oxygen atoms in total. The van der Waals surface area contributed by atoms with Gasteiger partial charge in [-0.05, 0) is 20.8 Å². The molecule has 1 aromatic heterocycles. The third-order valence-electron chi connectivity index (χ3n) is 1.61. The summed E-state index contributed by atoms with van der Waals surface area (Å²) in [4.78, 5) is 21.2. The van der Waals surface area contributed by atoms with Gasteiger partial charge in [-0.3, -0.25) is 9.63 Å². The van der Waals surface area contributed by atoms with Crippen LogP contribution in [0.4, 0.5) is 0 Å². The number of hydroxylamine groups is 1. The topological polar surface area (TPSA) is 71.5 Å². The molecule has 84 valence electrons. The van der Waals surface area contributed by atoms with Crippen LogP contribution in [0, 0.1) is 13.8 Å². The van der Waals surface area contributed by atoms with E-state index in [-0.39, 0.29) is 12.5 Å². The highest BCUT2D eigenvalue weighted by Crippen LogP contribution is 2.15. The van der Waals surface area contributed by atoms with E-state index < -0.39 is 6.10 Å². The number of carbonyl (C=O) groups is 1. The first-order valence-electron chi connectivity index (χ1n) is 4.55. The minimum atomic E-state index is -0.608. The minimum Gasteiger partial charge on any atom is -0.391 e. The van der Waals surface area contributed by atoms with Gasteiger partial charge in [-0.25, -0.2) is 10.5 Å². The maximum absolute atomic E-state index is 11.5. The molecule has 1 amide bonds. The van der Waals surface area contributed by atoms with Gasteiger partial charge < -0.3 is 5.11 Å². The fraction of sp³-hybridized carbons (Fsp3) is 0.556. The number of hydrogen-bond donors (Lipinski definition) is 2. The second kappa shape index (κ2) is 5.20. The van der Waals surface area contributed by atoms with Gasteiger partial charge in [-0.2, -0.15) is 0 Å². The number of aliphatic hydroxyl groups excluding tert-OH is 1. The number of aromatic nitrogens is 1. The van der Waals surface area contributed by atoms with Crippen molar-refractivity contribution in [2.75, 3.05) is 6.61 Å². The Balaban J connectivity index is 2.50. The molecule has 1 aromatic rings. The van der Waals surface area contributed by atoms with Crippen molar-refractivity contribution < 1.29 is 14.7 Å². The molecular weight excluding hydrogens is 216 g/mol. The molecule has 1 atom stereocenters. The lowest BCUT2D eigenvalue weighted by Crippen LogP contribution is -2.28. The van der Waals surface area contributed by atoms with Crippen LogP contribution in [0.15, 0.2) is 0 Å². The van der Waals surface area contributed by atoms with Gasteiger partial charge in [0, 0.05) is 4.88 Å². The van der Waals surface area contributed by atoms with E-state index in [9.17, 15) is 4.79 Å². The molecule has 0 bridgehead atoms. The smallest absolute Gasteiger partial charge is 0.294 e. The zero-order chi connectivity index (χ0) is 11.4. The number of thiazole rings is 1. The Kier molecular flexibility index (Phi) is 4.19. The van der Waals surface area contributed by atoms with Gasteiger partial charge in [0.1, 0.15) is 12.3 Å². The van der Waals surface area contributed by atoms with Crippen molar-refractivity contribution in [2.45, 2.75) is 26.9 Å². The predicted molar refractivity (Wildman–Crippen MR) is 56.7 cm³/mol. The Labute approximate surface area is 92.1 Å². The molecule has 0 aliphatic rings. The Hall–Kier alpha value is -0.980. The second-order valence-electron chi connectivity index (χ2n) is 3.23. The number of rotatable bonds is 4. The van der Waals surface area contributed by atoms with Crippen LogP contribution in [0.5, 0.6) is 0 Å². The average molecular weight is 230 g/mol. The Morgan fingerprint density at radius 2 is 2.33 bits per heavy atom. The van der Waals surface area contributed by atoms with Crippen LogP contribution in [-0.2, 0) is 4.84 Å². The van der Waals surface area contributed by atoms with Gasteiger partial charge in [0.15, 0.2) is 0 Å². The van der Waals surface area contributed by atoms with Crippen LogP contribution in [-0.4, -0.2) is 28.7 Å². The highest BCUT2D eigenvalue weighted by Gasteiger charge is 2.13. The van der Waals surface area contributed by atoms with E-state index in [1.165, 1.54) is 11.3 Å². The number of aliphatic hydroxyl groups is 1. The third kappa shape index (κ3) is 3.58. The van der Waals surface area contributed by atoms with Crippen LogP contribution in [0.3, 0.4) is 0 Å². The quantitative estimate of drug-likeness (QED) is 0.751. The van der Waals surface area contributed by atoms with Crippen molar-refractivity contribution in [3.63, 3.8) is 0 Å². The van der Waals surface area contributed by atoms with Gasteiger partial charge in [0.25, 0.3) is 5.91 Å². The summed E-state index contributed by atoms with van der Waals surface area (Å²) >= 11 is 1.46. The number of nitrogens with zero attached hydrogens (tertiary/aromatic N) is 1. The number of nitrogens with one attached hydrogen (secondary N) is 1. The van der Waals surface area contributed by atoms with Crippen molar-refractivity contribution in [1.82, 2.24) is 10.5 Å². The van der Waals surface area contributed by atoms with Gasteiger partial charge in [-0.1, -0.05) is 0 Å². The van der Waals surface area contributed by atoms with E-state index in [4.69, 9.17) is 9.94 Å². The van der Waals surface area contributed by atoms with E-state index in [1.54, 1.807) is 6.92 Å². The number of amides is 1. The van der Waals surface area contributed by atoms with E-state index in [0.717, 1.165) is 9.88 Å². The predicted octanol–water partition coefficient (Wildman–Crippen LogP) is 0.802. The molecule has 1 rings (SSSR count). The van der Waals surface area contributed by atoms with Crippen LogP contribution < -0.4 is 5.48 Å².